The Morgan fingerprint density at radius 1 is 1.25 bits per heavy atom. The van der Waals surface area contributed by atoms with E-state index in [1.54, 1.807) is 0 Å². The minimum atomic E-state index is -2.65. The number of hydrogen-bond donors (Lipinski definition) is 1. The second-order valence-corrected chi connectivity index (χ2v) is 7.00. The van der Waals surface area contributed by atoms with E-state index in [4.69, 9.17) is 0 Å². The topological polar surface area (TPSA) is 46.9 Å². The number of rotatable bonds is 6. The van der Waals surface area contributed by atoms with E-state index in [9.17, 15) is 13.6 Å². The first kappa shape index (κ1) is 18.1. The lowest BCUT2D eigenvalue weighted by atomic mass is 9.91. The number of aromatic nitrogens is 2. The Morgan fingerprint density at radius 2 is 1.92 bits per heavy atom. The number of imidazole rings is 1. The molecule has 0 fully saturated rings. The van der Waals surface area contributed by atoms with E-state index in [0.29, 0.717) is 6.42 Å². The van der Waals surface area contributed by atoms with Crippen LogP contribution in [-0.2, 0) is 11.2 Å². The van der Waals surface area contributed by atoms with Crippen molar-refractivity contribution in [3.63, 3.8) is 0 Å². The summed E-state index contributed by atoms with van der Waals surface area (Å²) in [5.74, 6) is 0.140. The molecule has 1 heterocycles. The Morgan fingerprint density at radius 3 is 2.50 bits per heavy atom. The van der Waals surface area contributed by atoms with Gasteiger partial charge in [0.1, 0.15) is 5.82 Å². The lowest BCUT2D eigenvalue weighted by molar-refractivity contribution is -0.123. The zero-order chi connectivity index (χ0) is 17.7. The smallest absolute Gasteiger partial charge is 0.319 e. The maximum atomic E-state index is 13.0. The third-order valence-corrected chi connectivity index (χ3v) is 3.57. The van der Waals surface area contributed by atoms with Crippen LogP contribution in [0, 0.1) is 5.41 Å². The highest BCUT2D eigenvalue weighted by Crippen LogP contribution is 2.23. The molecule has 0 aliphatic carbocycles. The van der Waals surface area contributed by atoms with Crippen molar-refractivity contribution in [2.75, 3.05) is 0 Å². The molecule has 2 aromatic rings. The van der Waals surface area contributed by atoms with E-state index >= 15 is 0 Å². The van der Waals surface area contributed by atoms with Crippen LogP contribution in [0.2, 0.25) is 0 Å². The number of alkyl halides is 2. The molecule has 0 bridgehead atoms. The monoisotopic (exact) mass is 335 g/mol. The van der Waals surface area contributed by atoms with Crippen LogP contribution in [0.15, 0.2) is 42.7 Å². The zero-order valence-corrected chi connectivity index (χ0v) is 14.2. The summed E-state index contributed by atoms with van der Waals surface area (Å²) < 4.78 is 26.9. The SMILES string of the molecule is CC(C)(C)CC(=O)NC(Cc1nccn1C(F)F)c1ccccc1. The molecule has 0 saturated carbocycles. The summed E-state index contributed by atoms with van der Waals surface area (Å²) in [6.07, 6.45) is 3.16. The van der Waals surface area contributed by atoms with Gasteiger partial charge in [0.2, 0.25) is 5.91 Å². The highest BCUT2D eigenvalue weighted by Gasteiger charge is 2.22. The largest absolute Gasteiger partial charge is 0.349 e. The molecule has 1 N–H and O–H groups in total. The number of hydrogen-bond acceptors (Lipinski definition) is 2. The minimum absolute atomic E-state index is 0.105. The van der Waals surface area contributed by atoms with E-state index in [0.717, 1.165) is 10.1 Å². The van der Waals surface area contributed by atoms with Gasteiger partial charge < -0.3 is 5.32 Å². The van der Waals surface area contributed by atoms with Crippen LogP contribution in [0.4, 0.5) is 8.78 Å². The molecule has 0 radical (unpaired) electrons. The Balaban J connectivity index is 2.21. The average molecular weight is 335 g/mol. The Hall–Kier alpha value is -2.24. The van der Waals surface area contributed by atoms with E-state index in [2.05, 4.69) is 10.3 Å². The van der Waals surface area contributed by atoms with Gasteiger partial charge in [-0.2, -0.15) is 8.78 Å². The van der Waals surface area contributed by atoms with Crippen LogP contribution in [0.25, 0.3) is 0 Å². The molecule has 1 aromatic heterocycles. The summed E-state index contributed by atoms with van der Waals surface area (Å²) in [5.41, 5.74) is 0.718. The van der Waals surface area contributed by atoms with E-state index < -0.39 is 12.6 Å². The molecule has 1 unspecified atom stereocenters. The quantitative estimate of drug-likeness (QED) is 0.863. The summed E-state index contributed by atoms with van der Waals surface area (Å²) in [6.45, 7) is 3.29. The predicted molar refractivity (Wildman–Crippen MR) is 88.6 cm³/mol. The van der Waals surface area contributed by atoms with Gasteiger partial charge in [0.25, 0.3) is 0 Å². The third-order valence-electron chi connectivity index (χ3n) is 3.57. The molecule has 0 aliphatic heterocycles. The van der Waals surface area contributed by atoms with E-state index in [1.807, 2.05) is 51.1 Å². The van der Waals surface area contributed by atoms with Gasteiger partial charge in [-0.3, -0.25) is 9.36 Å². The van der Waals surface area contributed by atoms with Crippen LogP contribution < -0.4 is 5.32 Å². The first-order valence-corrected chi connectivity index (χ1v) is 7.90. The second kappa shape index (κ2) is 7.55. The minimum Gasteiger partial charge on any atom is -0.349 e. The van der Waals surface area contributed by atoms with Gasteiger partial charge in [-0.25, -0.2) is 4.98 Å². The van der Waals surface area contributed by atoms with Crippen molar-refractivity contribution in [3.8, 4) is 0 Å². The normalized spacial score (nSPS) is 13.1. The van der Waals surface area contributed by atoms with E-state index in [-0.39, 0.29) is 23.6 Å². The van der Waals surface area contributed by atoms with Gasteiger partial charge in [0.15, 0.2) is 0 Å². The van der Waals surface area contributed by atoms with Crippen LogP contribution in [0.1, 0.15) is 51.2 Å². The molecule has 130 valence electrons. The average Bonchev–Trinajstić information content (AvgIpc) is 2.94. The van der Waals surface area contributed by atoms with Gasteiger partial charge in [0.05, 0.1) is 6.04 Å². The molecule has 1 amide bonds. The second-order valence-electron chi connectivity index (χ2n) is 7.00. The van der Waals surface area contributed by atoms with E-state index in [1.165, 1.54) is 12.4 Å². The summed E-state index contributed by atoms with van der Waals surface area (Å²) in [7, 11) is 0. The zero-order valence-electron chi connectivity index (χ0n) is 14.2. The molecule has 6 heteroatoms. The number of amides is 1. The van der Waals surface area contributed by atoms with Crippen molar-refractivity contribution in [1.82, 2.24) is 14.9 Å². The molecule has 0 spiro atoms. The molecule has 2 rings (SSSR count). The lowest BCUT2D eigenvalue weighted by Gasteiger charge is -2.23. The summed E-state index contributed by atoms with van der Waals surface area (Å²) in [5, 5.41) is 2.96. The lowest BCUT2D eigenvalue weighted by Crippen LogP contribution is -2.33. The predicted octanol–water partition coefficient (Wildman–Crippen LogP) is 4.11. The molecule has 4 nitrogen and oxygen atoms in total. The fourth-order valence-corrected chi connectivity index (χ4v) is 2.53. The fraction of sp³-hybridized carbons (Fsp3) is 0.444. The Labute approximate surface area is 140 Å². The Kier molecular flexibility index (Phi) is 5.70. The van der Waals surface area contributed by atoms with Gasteiger partial charge in [0, 0.05) is 25.2 Å². The number of halogens is 2. The molecule has 0 saturated heterocycles. The molecule has 1 atom stereocenters. The number of nitrogens with one attached hydrogen (secondary N) is 1. The van der Waals surface area contributed by atoms with Crippen molar-refractivity contribution in [3.05, 3.63) is 54.1 Å². The molecular formula is C18H23F2N3O. The third kappa shape index (κ3) is 5.15. The standard InChI is InChI=1S/C18H23F2N3O/c1-18(2,3)12-16(24)22-14(13-7-5-4-6-8-13)11-15-21-9-10-23(15)17(19)20/h4-10,14,17H,11-12H2,1-3H3,(H,22,24). The summed E-state index contributed by atoms with van der Waals surface area (Å²) in [6, 6.07) is 8.93. The summed E-state index contributed by atoms with van der Waals surface area (Å²) in [4.78, 5) is 16.3. The van der Waals surface area contributed by atoms with Gasteiger partial charge in [-0.05, 0) is 11.0 Å². The first-order valence-electron chi connectivity index (χ1n) is 7.90. The highest BCUT2D eigenvalue weighted by molar-refractivity contribution is 5.77. The number of nitrogens with zero attached hydrogens (tertiary/aromatic N) is 2. The number of carbonyl (C=O) groups excluding carboxylic acids is 1. The van der Waals surface area contributed by atoms with Gasteiger partial charge >= 0.3 is 6.55 Å². The van der Waals surface area contributed by atoms with Crippen LogP contribution in [0.3, 0.4) is 0 Å². The van der Waals surface area contributed by atoms with Crippen LogP contribution in [0.5, 0.6) is 0 Å². The van der Waals surface area contributed by atoms with Gasteiger partial charge in [-0.1, -0.05) is 51.1 Å². The van der Waals surface area contributed by atoms with Crippen LogP contribution >= 0.6 is 0 Å². The molecule has 24 heavy (non-hydrogen) atoms. The highest BCUT2D eigenvalue weighted by atomic mass is 19.3. The van der Waals surface area contributed by atoms with Crippen molar-refractivity contribution in [2.24, 2.45) is 5.41 Å². The van der Waals surface area contributed by atoms with Crippen molar-refractivity contribution in [1.29, 1.82) is 0 Å². The number of benzene rings is 1. The van der Waals surface area contributed by atoms with Gasteiger partial charge in [-0.15, -0.1) is 0 Å². The van der Waals surface area contributed by atoms with Crippen molar-refractivity contribution in [2.45, 2.75) is 46.2 Å². The molecule has 1 aromatic carbocycles. The Bertz CT molecular complexity index is 662. The van der Waals surface area contributed by atoms with Crippen LogP contribution in [-0.4, -0.2) is 15.5 Å². The molecular weight excluding hydrogens is 312 g/mol. The maximum absolute atomic E-state index is 13.0. The maximum Gasteiger partial charge on any atom is 0.319 e. The first-order chi connectivity index (χ1) is 11.3. The van der Waals surface area contributed by atoms with Crippen molar-refractivity contribution < 1.29 is 13.6 Å². The number of carbonyl (C=O) groups is 1. The summed E-state index contributed by atoms with van der Waals surface area (Å²) >= 11 is 0. The van der Waals surface area contributed by atoms with Crippen molar-refractivity contribution >= 4 is 5.91 Å². The molecule has 0 aliphatic rings. The fourth-order valence-electron chi connectivity index (χ4n) is 2.53.